The smallest absolute Gasteiger partial charge is 0.472 e. The van der Waals surface area contributed by atoms with Crippen molar-refractivity contribution in [2.75, 3.05) is 19.8 Å². The van der Waals surface area contributed by atoms with Crippen molar-refractivity contribution in [1.29, 1.82) is 0 Å². The molecule has 3 atom stereocenters. The number of phosphoric ester groups is 1. The molecule has 55 heavy (non-hydrogen) atoms. The molecule has 0 aromatic carbocycles. The Labute approximate surface area is 333 Å². The lowest BCUT2D eigenvalue weighted by Gasteiger charge is -2.20. The number of carboxylic acid groups (broad SMARTS) is 1. The van der Waals surface area contributed by atoms with Crippen LogP contribution >= 0.6 is 7.82 Å². The van der Waals surface area contributed by atoms with Gasteiger partial charge in [-0.15, -0.1) is 0 Å². The number of ether oxygens (including phenoxy) is 2. The number of allylic oxidation sites excluding steroid dienone is 8. The summed E-state index contributed by atoms with van der Waals surface area (Å²) in [4.78, 5) is 45.9. The number of hydrogen-bond acceptors (Lipinski definition) is 9. The molecule has 318 valence electrons. The first-order valence-electron chi connectivity index (χ1n) is 21.2. The number of carbonyl (C=O) groups excluding carboxylic acids is 2. The van der Waals surface area contributed by atoms with Crippen molar-refractivity contribution >= 4 is 25.7 Å². The number of unbranched alkanes of at least 4 members (excludes halogenated alkanes) is 17. The molecule has 0 heterocycles. The molecular weight excluding hydrogens is 721 g/mol. The molecule has 0 aliphatic heterocycles. The van der Waals surface area contributed by atoms with Crippen LogP contribution in [0.2, 0.25) is 0 Å². The molecule has 0 aliphatic rings. The van der Waals surface area contributed by atoms with Crippen LogP contribution in [-0.2, 0) is 37.5 Å². The molecule has 0 bridgehead atoms. The molecule has 0 aromatic heterocycles. The van der Waals surface area contributed by atoms with E-state index in [1.807, 2.05) is 0 Å². The van der Waals surface area contributed by atoms with E-state index in [1.54, 1.807) is 0 Å². The molecule has 0 spiro atoms. The molecule has 0 rings (SSSR count). The van der Waals surface area contributed by atoms with Gasteiger partial charge in [0.25, 0.3) is 0 Å². The highest BCUT2D eigenvalue weighted by Crippen LogP contribution is 2.43. The zero-order valence-electron chi connectivity index (χ0n) is 34.3. The van der Waals surface area contributed by atoms with Gasteiger partial charge in [-0.3, -0.25) is 23.4 Å². The van der Waals surface area contributed by atoms with E-state index in [1.165, 1.54) is 51.4 Å². The van der Waals surface area contributed by atoms with Crippen molar-refractivity contribution in [2.24, 2.45) is 5.73 Å². The average Bonchev–Trinajstić information content (AvgIpc) is 3.16. The summed E-state index contributed by atoms with van der Waals surface area (Å²) in [5.41, 5.74) is 5.33. The molecule has 12 heteroatoms. The quantitative estimate of drug-likeness (QED) is 0.0234. The molecule has 3 unspecified atom stereocenters. The maximum atomic E-state index is 12.6. The van der Waals surface area contributed by atoms with Crippen LogP contribution in [0.25, 0.3) is 0 Å². The predicted molar refractivity (Wildman–Crippen MR) is 222 cm³/mol. The van der Waals surface area contributed by atoms with E-state index in [-0.39, 0.29) is 19.4 Å². The van der Waals surface area contributed by atoms with Crippen LogP contribution in [0.5, 0.6) is 0 Å². The first-order valence-corrected chi connectivity index (χ1v) is 22.7. The second-order valence-corrected chi connectivity index (χ2v) is 15.6. The summed E-state index contributed by atoms with van der Waals surface area (Å²) in [6.45, 7) is 2.69. The van der Waals surface area contributed by atoms with Gasteiger partial charge in [-0.2, -0.15) is 0 Å². The first kappa shape index (κ1) is 52.4. The Bertz CT molecular complexity index is 1120. The minimum atomic E-state index is -4.72. The van der Waals surface area contributed by atoms with E-state index in [4.69, 9.17) is 24.8 Å². The standard InChI is InChI=1S/C43H76NO10P/c1-3-5-7-9-11-13-15-17-18-19-20-21-23-25-27-29-31-33-35-42(46)54-39(37-52-55(49,50)53-38-40(44)43(47)48)36-51-41(45)34-32-30-28-26-24-22-16-14-12-10-8-6-4-2/h8,10,13-16,18-19,39-40H,3-7,9,11-12,17,20-38,44H2,1-2H3,(H,47,48)(H,49,50)/b10-8-,15-13-,16-14-,19-18-. The predicted octanol–water partition coefficient (Wildman–Crippen LogP) is 11.0. The monoisotopic (exact) mass is 798 g/mol. The van der Waals surface area contributed by atoms with Crippen LogP contribution in [0.4, 0.5) is 0 Å². The van der Waals surface area contributed by atoms with Gasteiger partial charge in [0.15, 0.2) is 6.10 Å². The van der Waals surface area contributed by atoms with Crippen LogP contribution < -0.4 is 5.73 Å². The minimum absolute atomic E-state index is 0.148. The van der Waals surface area contributed by atoms with E-state index in [2.05, 4.69) is 67.0 Å². The summed E-state index contributed by atoms with van der Waals surface area (Å²) >= 11 is 0. The highest BCUT2D eigenvalue weighted by Gasteiger charge is 2.28. The second-order valence-electron chi connectivity index (χ2n) is 14.1. The molecule has 0 aromatic rings. The number of rotatable bonds is 39. The van der Waals surface area contributed by atoms with Gasteiger partial charge in [-0.1, -0.05) is 140 Å². The molecule has 11 nitrogen and oxygen atoms in total. The lowest BCUT2D eigenvalue weighted by atomic mass is 10.1. The van der Waals surface area contributed by atoms with Gasteiger partial charge < -0.3 is 25.2 Å². The van der Waals surface area contributed by atoms with Crippen molar-refractivity contribution in [1.82, 2.24) is 0 Å². The average molecular weight is 798 g/mol. The Morgan fingerprint density at radius 1 is 0.564 bits per heavy atom. The second kappa shape index (κ2) is 38.3. The number of carbonyl (C=O) groups is 3. The zero-order chi connectivity index (χ0) is 40.7. The Morgan fingerprint density at radius 3 is 1.49 bits per heavy atom. The highest BCUT2D eigenvalue weighted by molar-refractivity contribution is 7.47. The van der Waals surface area contributed by atoms with Gasteiger partial charge in [0, 0.05) is 12.8 Å². The van der Waals surface area contributed by atoms with Gasteiger partial charge >= 0.3 is 25.7 Å². The Balaban J connectivity index is 4.40. The molecule has 0 fully saturated rings. The molecule has 0 radical (unpaired) electrons. The number of hydrogen-bond donors (Lipinski definition) is 3. The van der Waals surface area contributed by atoms with Crippen LogP contribution in [0, 0.1) is 0 Å². The number of nitrogens with two attached hydrogens (primary N) is 1. The molecule has 0 amide bonds. The minimum Gasteiger partial charge on any atom is -0.480 e. The summed E-state index contributed by atoms with van der Waals surface area (Å²) in [7, 11) is -4.72. The third-order valence-corrected chi connectivity index (χ3v) is 9.73. The summed E-state index contributed by atoms with van der Waals surface area (Å²) in [5.74, 6) is -2.41. The molecular formula is C43H76NO10P. The lowest BCUT2D eigenvalue weighted by Crippen LogP contribution is -2.34. The topological polar surface area (TPSA) is 172 Å². The van der Waals surface area contributed by atoms with Gasteiger partial charge in [0.1, 0.15) is 12.6 Å². The summed E-state index contributed by atoms with van der Waals surface area (Å²) < 4.78 is 32.6. The fraction of sp³-hybridized carbons (Fsp3) is 0.744. The zero-order valence-corrected chi connectivity index (χ0v) is 35.2. The Morgan fingerprint density at radius 2 is 1.00 bits per heavy atom. The molecule has 0 aliphatic carbocycles. The largest absolute Gasteiger partial charge is 0.480 e. The summed E-state index contributed by atoms with van der Waals surface area (Å²) in [6, 6.07) is -1.53. The fourth-order valence-electron chi connectivity index (χ4n) is 5.43. The van der Waals surface area contributed by atoms with Crippen molar-refractivity contribution in [3.63, 3.8) is 0 Å². The number of aliphatic carboxylic acids is 1. The first-order chi connectivity index (χ1) is 26.6. The fourth-order valence-corrected chi connectivity index (χ4v) is 6.20. The molecule has 0 saturated carbocycles. The number of phosphoric acid groups is 1. The van der Waals surface area contributed by atoms with Gasteiger partial charge in [0.2, 0.25) is 0 Å². The third kappa shape index (κ3) is 38.1. The SMILES string of the molecule is CCC/C=C\C/C=C\CCCCCCCC(=O)OCC(COP(=O)(O)OCC(N)C(=O)O)OC(=O)CCCCCCCCC/C=C\C/C=C\CCCCCC. The van der Waals surface area contributed by atoms with E-state index in [9.17, 15) is 23.8 Å². The van der Waals surface area contributed by atoms with Crippen LogP contribution in [0.3, 0.4) is 0 Å². The van der Waals surface area contributed by atoms with Crippen LogP contribution in [-0.4, -0.2) is 59.9 Å². The van der Waals surface area contributed by atoms with Gasteiger partial charge in [-0.25, -0.2) is 4.57 Å². The van der Waals surface area contributed by atoms with Crippen LogP contribution in [0.1, 0.15) is 174 Å². The van der Waals surface area contributed by atoms with Crippen molar-refractivity contribution in [3.8, 4) is 0 Å². The number of carboxylic acids is 1. The maximum absolute atomic E-state index is 12.6. The van der Waals surface area contributed by atoms with Crippen molar-refractivity contribution in [2.45, 2.75) is 187 Å². The van der Waals surface area contributed by atoms with Gasteiger partial charge in [-0.05, 0) is 70.6 Å². The Kier molecular flexibility index (Phi) is 36.5. The number of esters is 2. The van der Waals surface area contributed by atoms with Crippen molar-refractivity contribution < 1.29 is 47.5 Å². The van der Waals surface area contributed by atoms with E-state index >= 15 is 0 Å². The third-order valence-electron chi connectivity index (χ3n) is 8.78. The van der Waals surface area contributed by atoms with Crippen molar-refractivity contribution in [3.05, 3.63) is 48.6 Å². The maximum Gasteiger partial charge on any atom is 0.472 e. The van der Waals surface area contributed by atoms with Gasteiger partial charge in [0.05, 0.1) is 13.2 Å². The highest BCUT2D eigenvalue weighted by atomic mass is 31.2. The lowest BCUT2D eigenvalue weighted by molar-refractivity contribution is -0.161. The van der Waals surface area contributed by atoms with E-state index in [0.717, 1.165) is 83.5 Å². The normalized spacial score (nSPS) is 14.3. The summed E-state index contributed by atoms with van der Waals surface area (Å²) in [5, 5.41) is 8.88. The Hall–Kier alpha value is -2.56. The molecule has 4 N–H and O–H groups in total. The van der Waals surface area contributed by atoms with E-state index in [0.29, 0.717) is 12.8 Å². The summed E-state index contributed by atoms with van der Waals surface area (Å²) in [6.07, 6.45) is 41.7. The van der Waals surface area contributed by atoms with E-state index < -0.39 is 51.1 Å². The van der Waals surface area contributed by atoms with Crippen LogP contribution in [0.15, 0.2) is 48.6 Å². The molecule has 0 saturated heterocycles.